The van der Waals surface area contributed by atoms with E-state index >= 15 is 0 Å². The first kappa shape index (κ1) is 15.9. The van der Waals surface area contributed by atoms with Crippen molar-refractivity contribution in [1.82, 2.24) is 10.3 Å². The number of carbonyl (C=O) groups excluding carboxylic acids is 1. The summed E-state index contributed by atoms with van der Waals surface area (Å²) >= 11 is 0. The molecule has 0 bridgehead atoms. The minimum absolute atomic E-state index is 0.0513. The molecular formula is C14H21N3O3. The highest BCUT2D eigenvalue weighted by Gasteiger charge is 2.05. The number of rotatable bonds is 7. The number of carboxylic acids is 1. The van der Waals surface area contributed by atoms with Crippen molar-refractivity contribution in [2.75, 3.05) is 11.9 Å². The van der Waals surface area contributed by atoms with Crippen LogP contribution >= 0.6 is 0 Å². The molecule has 6 heteroatoms. The molecule has 110 valence electrons. The maximum absolute atomic E-state index is 11.6. The number of anilines is 1. The van der Waals surface area contributed by atoms with Crippen LogP contribution in [-0.2, 0) is 0 Å². The van der Waals surface area contributed by atoms with Gasteiger partial charge < -0.3 is 15.7 Å². The van der Waals surface area contributed by atoms with Crippen LogP contribution in [0, 0.1) is 5.92 Å². The fraction of sp³-hybridized carbons (Fsp3) is 0.500. The van der Waals surface area contributed by atoms with Crippen LogP contribution < -0.4 is 10.6 Å². The summed E-state index contributed by atoms with van der Waals surface area (Å²) in [5.74, 6) is -0.409. The Hall–Kier alpha value is -2.11. The summed E-state index contributed by atoms with van der Waals surface area (Å²) in [5, 5.41) is 14.1. The van der Waals surface area contributed by atoms with Crippen molar-refractivity contribution in [1.29, 1.82) is 0 Å². The zero-order valence-corrected chi connectivity index (χ0v) is 11.8. The van der Waals surface area contributed by atoms with Gasteiger partial charge in [0.2, 0.25) is 0 Å². The van der Waals surface area contributed by atoms with Gasteiger partial charge in [0.1, 0.15) is 5.69 Å². The van der Waals surface area contributed by atoms with Crippen molar-refractivity contribution in [3.63, 3.8) is 0 Å². The van der Waals surface area contributed by atoms with Crippen LogP contribution in [0.3, 0.4) is 0 Å². The predicted molar refractivity (Wildman–Crippen MR) is 76.9 cm³/mol. The molecular weight excluding hydrogens is 258 g/mol. The van der Waals surface area contributed by atoms with Crippen LogP contribution in [0.15, 0.2) is 18.3 Å². The van der Waals surface area contributed by atoms with E-state index in [1.807, 2.05) is 0 Å². The average Bonchev–Trinajstić information content (AvgIpc) is 2.38. The van der Waals surface area contributed by atoms with E-state index in [0.717, 1.165) is 19.3 Å². The Bertz CT molecular complexity index is 443. The monoisotopic (exact) mass is 279 g/mol. The number of hydrogen-bond donors (Lipinski definition) is 3. The minimum Gasteiger partial charge on any atom is -0.477 e. The molecule has 0 spiro atoms. The highest BCUT2D eigenvalue weighted by molar-refractivity contribution is 5.90. The van der Waals surface area contributed by atoms with E-state index < -0.39 is 5.97 Å². The first-order chi connectivity index (χ1) is 9.49. The van der Waals surface area contributed by atoms with Gasteiger partial charge in [0.05, 0.1) is 11.9 Å². The Morgan fingerprint density at radius 3 is 2.60 bits per heavy atom. The molecule has 2 amide bonds. The normalized spacial score (nSPS) is 10.3. The molecule has 1 heterocycles. The van der Waals surface area contributed by atoms with E-state index in [0.29, 0.717) is 18.2 Å². The molecule has 1 aromatic heterocycles. The van der Waals surface area contributed by atoms with Crippen molar-refractivity contribution in [3.05, 3.63) is 24.0 Å². The van der Waals surface area contributed by atoms with Gasteiger partial charge in [0, 0.05) is 6.54 Å². The molecule has 0 fully saturated rings. The van der Waals surface area contributed by atoms with Crippen LogP contribution in [-0.4, -0.2) is 28.6 Å². The quantitative estimate of drug-likeness (QED) is 0.669. The van der Waals surface area contributed by atoms with E-state index in [4.69, 9.17) is 5.11 Å². The SMILES string of the molecule is CC(C)CCCCNC(=O)Nc1ccc(C(=O)O)nc1. The van der Waals surface area contributed by atoms with E-state index in [1.54, 1.807) is 0 Å². The van der Waals surface area contributed by atoms with Crippen molar-refractivity contribution in [2.24, 2.45) is 5.92 Å². The van der Waals surface area contributed by atoms with Crippen molar-refractivity contribution >= 4 is 17.7 Å². The lowest BCUT2D eigenvalue weighted by Crippen LogP contribution is -2.29. The molecule has 0 radical (unpaired) electrons. The smallest absolute Gasteiger partial charge is 0.354 e. The van der Waals surface area contributed by atoms with E-state index in [-0.39, 0.29) is 11.7 Å². The molecule has 0 atom stereocenters. The highest BCUT2D eigenvalue weighted by Crippen LogP contribution is 2.07. The number of unbranched alkanes of at least 4 members (excludes halogenated alkanes) is 1. The Morgan fingerprint density at radius 1 is 1.30 bits per heavy atom. The number of pyridine rings is 1. The zero-order valence-electron chi connectivity index (χ0n) is 11.8. The number of amides is 2. The number of aromatic nitrogens is 1. The van der Waals surface area contributed by atoms with Gasteiger partial charge in [-0.2, -0.15) is 0 Å². The van der Waals surface area contributed by atoms with Gasteiger partial charge in [-0.3, -0.25) is 0 Å². The number of nitrogens with zero attached hydrogens (tertiary/aromatic N) is 1. The Labute approximate surface area is 118 Å². The highest BCUT2D eigenvalue weighted by atomic mass is 16.4. The molecule has 6 nitrogen and oxygen atoms in total. The van der Waals surface area contributed by atoms with Gasteiger partial charge >= 0.3 is 12.0 Å². The maximum Gasteiger partial charge on any atom is 0.354 e. The third kappa shape index (κ3) is 6.17. The Morgan fingerprint density at radius 2 is 2.05 bits per heavy atom. The zero-order chi connectivity index (χ0) is 15.0. The average molecular weight is 279 g/mol. The van der Waals surface area contributed by atoms with Gasteiger partial charge in [0.25, 0.3) is 0 Å². The second-order valence-corrected chi connectivity index (χ2v) is 5.01. The van der Waals surface area contributed by atoms with Crippen LogP contribution in [0.2, 0.25) is 0 Å². The van der Waals surface area contributed by atoms with Crippen molar-refractivity contribution in [2.45, 2.75) is 33.1 Å². The molecule has 1 rings (SSSR count). The van der Waals surface area contributed by atoms with Crippen LogP contribution in [0.4, 0.5) is 10.5 Å². The minimum atomic E-state index is -1.09. The van der Waals surface area contributed by atoms with Crippen LogP contribution in [0.5, 0.6) is 0 Å². The Kier molecular flexibility index (Phi) is 6.49. The van der Waals surface area contributed by atoms with Crippen LogP contribution in [0.1, 0.15) is 43.6 Å². The maximum atomic E-state index is 11.6. The lowest BCUT2D eigenvalue weighted by atomic mass is 10.1. The lowest BCUT2D eigenvalue weighted by molar-refractivity contribution is 0.0690. The largest absolute Gasteiger partial charge is 0.477 e. The number of aromatic carboxylic acids is 1. The molecule has 0 aliphatic rings. The van der Waals surface area contributed by atoms with E-state index in [1.165, 1.54) is 18.3 Å². The molecule has 0 unspecified atom stereocenters. The summed E-state index contributed by atoms with van der Waals surface area (Å²) in [6.45, 7) is 4.97. The predicted octanol–water partition coefficient (Wildman–Crippen LogP) is 2.73. The lowest BCUT2D eigenvalue weighted by Gasteiger charge is -2.08. The molecule has 0 saturated carbocycles. The molecule has 1 aromatic rings. The van der Waals surface area contributed by atoms with Gasteiger partial charge in [-0.25, -0.2) is 14.6 Å². The first-order valence-electron chi connectivity index (χ1n) is 6.73. The fourth-order valence-electron chi connectivity index (χ4n) is 1.65. The van der Waals surface area contributed by atoms with Gasteiger partial charge in [-0.1, -0.05) is 26.7 Å². The van der Waals surface area contributed by atoms with Gasteiger partial charge in [-0.15, -0.1) is 0 Å². The van der Waals surface area contributed by atoms with Gasteiger partial charge in [-0.05, 0) is 24.5 Å². The molecule has 20 heavy (non-hydrogen) atoms. The summed E-state index contributed by atoms with van der Waals surface area (Å²) in [4.78, 5) is 25.9. The van der Waals surface area contributed by atoms with E-state index in [2.05, 4.69) is 29.5 Å². The molecule has 0 aromatic carbocycles. The number of carbonyl (C=O) groups is 2. The van der Waals surface area contributed by atoms with Crippen LogP contribution in [0.25, 0.3) is 0 Å². The third-order valence-electron chi connectivity index (χ3n) is 2.73. The van der Waals surface area contributed by atoms with Crippen molar-refractivity contribution < 1.29 is 14.7 Å². The summed E-state index contributed by atoms with van der Waals surface area (Å²) in [6, 6.07) is 2.55. The second kappa shape index (κ2) is 8.14. The Balaban J connectivity index is 2.26. The summed E-state index contributed by atoms with van der Waals surface area (Å²) < 4.78 is 0. The van der Waals surface area contributed by atoms with Gasteiger partial charge in [0.15, 0.2) is 0 Å². The van der Waals surface area contributed by atoms with E-state index in [9.17, 15) is 9.59 Å². The number of carboxylic acid groups (broad SMARTS) is 1. The molecule has 0 aliphatic heterocycles. The second-order valence-electron chi connectivity index (χ2n) is 5.01. The molecule has 0 saturated heterocycles. The first-order valence-corrected chi connectivity index (χ1v) is 6.73. The molecule has 3 N–H and O–H groups in total. The van der Waals surface area contributed by atoms with Crippen molar-refractivity contribution in [3.8, 4) is 0 Å². The molecule has 0 aliphatic carbocycles. The summed E-state index contributed by atoms with van der Waals surface area (Å²) in [6.07, 6.45) is 4.51. The number of nitrogens with one attached hydrogen (secondary N) is 2. The third-order valence-corrected chi connectivity index (χ3v) is 2.73. The number of urea groups is 1. The topological polar surface area (TPSA) is 91.3 Å². The standard InChI is InChI=1S/C14H21N3O3/c1-10(2)5-3-4-8-15-14(20)17-11-6-7-12(13(18)19)16-9-11/h6-7,9-10H,3-5,8H2,1-2H3,(H,18,19)(H2,15,17,20). The summed E-state index contributed by atoms with van der Waals surface area (Å²) in [5.41, 5.74) is 0.416. The fourth-order valence-corrected chi connectivity index (χ4v) is 1.65. The summed E-state index contributed by atoms with van der Waals surface area (Å²) in [7, 11) is 0. The number of hydrogen-bond acceptors (Lipinski definition) is 3.